The van der Waals surface area contributed by atoms with E-state index in [-0.39, 0.29) is 11.3 Å². The maximum absolute atomic E-state index is 12.1. The quantitative estimate of drug-likeness (QED) is 0.634. The Morgan fingerprint density at radius 2 is 1.74 bits per heavy atom. The molecule has 0 atom stereocenters. The van der Waals surface area contributed by atoms with E-state index in [1.165, 1.54) is 0 Å². The lowest BCUT2D eigenvalue weighted by atomic mass is 10.1. The number of fused-ring (bicyclic) bond motifs is 1. The minimum absolute atomic E-state index is 0.0414. The minimum Gasteiger partial charge on any atom is -0.369 e. The molecule has 0 bridgehead atoms. The molecule has 0 saturated carbocycles. The molecule has 31 heavy (non-hydrogen) atoms. The summed E-state index contributed by atoms with van der Waals surface area (Å²) >= 11 is 0. The first kappa shape index (κ1) is 21.5. The first-order chi connectivity index (χ1) is 14.9. The van der Waals surface area contributed by atoms with Gasteiger partial charge in [-0.15, -0.1) is 0 Å². The summed E-state index contributed by atoms with van der Waals surface area (Å²) in [5.74, 6) is 0.113. The molecule has 7 nitrogen and oxygen atoms in total. The molecule has 2 aromatic heterocycles. The molecular weight excluding hydrogens is 412 g/mol. The number of aromatic amines is 1. The van der Waals surface area contributed by atoms with Crippen LogP contribution in [0.5, 0.6) is 0 Å². The van der Waals surface area contributed by atoms with Crippen LogP contribution in [-0.4, -0.2) is 55.2 Å². The van der Waals surface area contributed by atoms with Crippen LogP contribution in [0.2, 0.25) is 0 Å². The predicted molar refractivity (Wildman–Crippen MR) is 123 cm³/mol. The lowest BCUT2D eigenvalue weighted by Gasteiger charge is -2.36. The number of hydrogen-bond donors (Lipinski definition) is 1. The highest BCUT2D eigenvalue weighted by atomic mass is 32.2. The summed E-state index contributed by atoms with van der Waals surface area (Å²) in [5.41, 5.74) is 4.44. The van der Waals surface area contributed by atoms with Crippen LogP contribution >= 0.6 is 0 Å². The predicted octanol–water partition coefficient (Wildman–Crippen LogP) is 2.60. The van der Waals surface area contributed by atoms with Crippen LogP contribution in [0.25, 0.3) is 11.0 Å². The number of aryl methyl sites for hydroxylation is 1. The highest BCUT2D eigenvalue weighted by Gasteiger charge is 2.19. The molecule has 8 heteroatoms. The van der Waals surface area contributed by atoms with Crippen molar-refractivity contribution in [3.8, 4) is 0 Å². The molecule has 1 aromatic carbocycles. The van der Waals surface area contributed by atoms with E-state index >= 15 is 0 Å². The van der Waals surface area contributed by atoms with Gasteiger partial charge in [0.15, 0.2) is 9.84 Å². The monoisotopic (exact) mass is 440 g/mol. The zero-order valence-electron chi connectivity index (χ0n) is 18.0. The van der Waals surface area contributed by atoms with Crippen molar-refractivity contribution in [2.75, 3.05) is 36.8 Å². The number of nitrogens with one attached hydrogen (secondary N) is 1. The van der Waals surface area contributed by atoms with Gasteiger partial charge in [0.1, 0.15) is 0 Å². The molecule has 3 aromatic rings. The first-order valence-corrected chi connectivity index (χ1v) is 12.4. The summed E-state index contributed by atoms with van der Waals surface area (Å²) in [6, 6.07) is 11.1. The lowest BCUT2D eigenvalue weighted by molar-refractivity contribution is 0.249. The van der Waals surface area contributed by atoms with Gasteiger partial charge >= 0.3 is 0 Å². The first-order valence-electron chi connectivity index (χ1n) is 10.7. The molecule has 1 saturated heterocycles. The SMILES string of the molecule is CCc1cc2ncc(CN3CCN(c4ccc(S(=O)(=O)CC)cc4)CC3)cc2[nH]c1=O. The molecule has 1 fully saturated rings. The third-order valence-electron chi connectivity index (χ3n) is 5.93. The van der Waals surface area contributed by atoms with E-state index in [2.05, 4.69) is 19.8 Å². The van der Waals surface area contributed by atoms with Crippen molar-refractivity contribution in [1.29, 1.82) is 0 Å². The van der Waals surface area contributed by atoms with Gasteiger partial charge in [0.25, 0.3) is 5.56 Å². The van der Waals surface area contributed by atoms with Crippen LogP contribution in [0.4, 0.5) is 5.69 Å². The molecule has 3 heterocycles. The van der Waals surface area contributed by atoms with Gasteiger partial charge in [0, 0.05) is 50.2 Å². The zero-order valence-corrected chi connectivity index (χ0v) is 18.8. The fourth-order valence-corrected chi connectivity index (χ4v) is 4.85. The molecular formula is C23H28N4O3S. The second-order valence-corrected chi connectivity index (χ2v) is 10.2. The summed E-state index contributed by atoms with van der Waals surface area (Å²) in [7, 11) is -3.17. The normalized spacial score (nSPS) is 15.5. The molecule has 0 radical (unpaired) electrons. The van der Waals surface area contributed by atoms with E-state index in [1.54, 1.807) is 19.1 Å². The number of hydrogen-bond acceptors (Lipinski definition) is 6. The molecule has 0 aliphatic carbocycles. The minimum atomic E-state index is -3.17. The number of rotatable bonds is 6. The van der Waals surface area contributed by atoms with E-state index in [9.17, 15) is 13.2 Å². The lowest BCUT2D eigenvalue weighted by Crippen LogP contribution is -2.46. The van der Waals surface area contributed by atoms with Crippen LogP contribution < -0.4 is 10.5 Å². The number of nitrogens with zero attached hydrogens (tertiary/aromatic N) is 3. The molecule has 1 aliphatic rings. The van der Waals surface area contributed by atoms with E-state index < -0.39 is 9.84 Å². The highest BCUT2D eigenvalue weighted by Crippen LogP contribution is 2.21. The van der Waals surface area contributed by atoms with Crippen molar-refractivity contribution in [2.24, 2.45) is 0 Å². The van der Waals surface area contributed by atoms with Gasteiger partial charge in [0.05, 0.1) is 21.7 Å². The van der Waals surface area contributed by atoms with Crippen molar-refractivity contribution in [2.45, 2.75) is 31.7 Å². The van der Waals surface area contributed by atoms with Crippen LogP contribution in [-0.2, 0) is 22.8 Å². The standard InChI is InChI=1S/C23H28N4O3S/c1-3-18-14-21-22(25-23(18)28)13-17(15-24-21)16-26-9-11-27(12-10-26)19-5-7-20(8-6-19)31(29,30)4-2/h5-8,13-15H,3-4,9-12,16H2,1-2H3,(H,25,28). The summed E-state index contributed by atoms with van der Waals surface area (Å²) in [6.45, 7) is 7.95. The zero-order chi connectivity index (χ0) is 22.0. The molecule has 0 amide bonds. The number of H-pyrrole nitrogens is 1. The van der Waals surface area contributed by atoms with Crippen molar-refractivity contribution < 1.29 is 8.42 Å². The Labute approximate surface area is 182 Å². The average Bonchev–Trinajstić information content (AvgIpc) is 2.79. The Bertz CT molecular complexity index is 1230. The van der Waals surface area contributed by atoms with Gasteiger partial charge in [-0.1, -0.05) is 13.8 Å². The van der Waals surface area contributed by atoms with Gasteiger partial charge in [-0.25, -0.2) is 8.42 Å². The van der Waals surface area contributed by atoms with Gasteiger partial charge in [0.2, 0.25) is 0 Å². The Balaban J connectivity index is 1.39. The van der Waals surface area contributed by atoms with Crippen molar-refractivity contribution in [1.82, 2.24) is 14.9 Å². The molecule has 0 spiro atoms. The summed E-state index contributed by atoms with van der Waals surface area (Å²) in [6.07, 6.45) is 2.58. The number of aromatic nitrogens is 2. The number of piperazine rings is 1. The van der Waals surface area contributed by atoms with E-state index in [0.29, 0.717) is 11.3 Å². The number of anilines is 1. The fourth-order valence-electron chi connectivity index (χ4n) is 3.97. The van der Waals surface area contributed by atoms with E-state index in [4.69, 9.17) is 0 Å². The summed E-state index contributed by atoms with van der Waals surface area (Å²) in [5, 5.41) is 0. The van der Waals surface area contributed by atoms with E-state index in [0.717, 1.165) is 60.6 Å². The average molecular weight is 441 g/mol. The Kier molecular flexibility index (Phi) is 6.11. The second kappa shape index (κ2) is 8.80. The second-order valence-electron chi connectivity index (χ2n) is 7.91. The van der Waals surface area contributed by atoms with Crippen LogP contribution in [0.3, 0.4) is 0 Å². The number of pyridine rings is 2. The Morgan fingerprint density at radius 3 is 2.39 bits per heavy atom. The summed E-state index contributed by atoms with van der Waals surface area (Å²) < 4.78 is 24.0. The van der Waals surface area contributed by atoms with Crippen LogP contribution in [0, 0.1) is 0 Å². The van der Waals surface area contributed by atoms with Crippen LogP contribution in [0.1, 0.15) is 25.0 Å². The Morgan fingerprint density at radius 1 is 1.03 bits per heavy atom. The largest absolute Gasteiger partial charge is 0.369 e. The summed E-state index contributed by atoms with van der Waals surface area (Å²) in [4.78, 5) is 24.6. The number of sulfone groups is 1. The van der Waals surface area contributed by atoms with Gasteiger partial charge in [-0.05, 0) is 48.4 Å². The maximum atomic E-state index is 12.1. The molecule has 164 valence electrons. The van der Waals surface area contributed by atoms with Crippen molar-refractivity contribution in [3.63, 3.8) is 0 Å². The van der Waals surface area contributed by atoms with Gasteiger partial charge < -0.3 is 9.88 Å². The molecule has 4 rings (SSSR count). The highest BCUT2D eigenvalue weighted by molar-refractivity contribution is 7.91. The Hall–Kier alpha value is -2.71. The van der Waals surface area contributed by atoms with Gasteiger partial charge in [-0.3, -0.25) is 14.7 Å². The molecule has 1 N–H and O–H groups in total. The van der Waals surface area contributed by atoms with Crippen molar-refractivity contribution in [3.05, 3.63) is 64.1 Å². The van der Waals surface area contributed by atoms with Gasteiger partial charge in [-0.2, -0.15) is 0 Å². The molecule has 1 aliphatic heterocycles. The van der Waals surface area contributed by atoms with Crippen LogP contribution in [0.15, 0.2) is 52.3 Å². The van der Waals surface area contributed by atoms with E-state index in [1.807, 2.05) is 37.4 Å². The molecule has 0 unspecified atom stereocenters. The third-order valence-corrected chi connectivity index (χ3v) is 7.68. The third kappa shape index (κ3) is 4.65. The smallest absolute Gasteiger partial charge is 0.251 e. The van der Waals surface area contributed by atoms with Crippen molar-refractivity contribution >= 4 is 26.6 Å². The number of benzene rings is 1. The maximum Gasteiger partial charge on any atom is 0.251 e. The fraction of sp³-hybridized carbons (Fsp3) is 0.391. The topological polar surface area (TPSA) is 86.4 Å².